The molecule has 1 fully saturated rings. The van der Waals surface area contributed by atoms with Crippen LogP contribution in [0.1, 0.15) is 18.1 Å². The van der Waals surface area contributed by atoms with Crippen LogP contribution in [0.2, 0.25) is 5.02 Å². The number of benzene rings is 3. The lowest BCUT2D eigenvalue weighted by molar-refractivity contribution is -0.123. The summed E-state index contributed by atoms with van der Waals surface area (Å²) in [7, 11) is 0. The molecule has 1 heterocycles. The van der Waals surface area contributed by atoms with E-state index >= 15 is 0 Å². The maximum Gasteiger partial charge on any atom is 0.293 e. The quantitative estimate of drug-likeness (QED) is 0.232. The van der Waals surface area contributed by atoms with Crippen molar-refractivity contribution in [3.63, 3.8) is 0 Å². The lowest BCUT2D eigenvalue weighted by Crippen LogP contribution is -2.27. The number of hydrogen-bond donors (Lipinski definition) is 0. The van der Waals surface area contributed by atoms with E-state index in [-0.39, 0.29) is 17.7 Å². The number of amides is 2. The molecule has 8 heteroatoms. The smallest absolute Gasteiger partial charge is 0.293 e. The largest absolute Gasteiger partial charge is 0.490 e. The Balaban J connectivity index is 1.43. The fourth-order valence-electron chi connectivity index (χ4n) is 3.41. The fraction of sp³-hybridized carbons (Fsp3) is 0.185. The number of ether oxygens (including phenoxy) is 3. The monoisotopic (exact) mass is 509 g/mol. The second-order valence-corrected chi connectivity index (χ2v) is 8.91. The van der Waals surface area contributed by atoms with Gasteiger partial charge in [-0.1, -0.05) is 54.1 Å². The second-order valence-electron chi connectivity index (χ2n) is 7.51. The van der Waals surface area contributed by atoms with E-state index in [1.165, 1.54) is 4.90 Å². The molecule has 0 N–H and O–H groups in total. The van der Waals surface area contributed by atoms with Gasteiger partial charge < -0.3 is 14.2 Å². The van der Waals surface area contributed by atoms with Crippen molar-refractivity contribution in [1.29, 1.82) is 0 Å². The summed E-state index contributed by atoms with van der Waals surface area (Å²) in [5.74, 6) is 1.56. The van der Waals surface area contributed by atoms with Crippen LogP contribution in [0, 0.1) is 0 Å². The van der Waals surface area contributed by atoms with E-state index in [0.717, 1.165) is 23.1 Å². The van der Waals surface area contributed by atoms with E-state index < -0.39 is 0 Å². The molecule has 1 saturated heterocycles. The van der Waals surface area contributed by atoms with Gasteiger partial charge in [0.15, 0.2) is 11.5 Å². The van der Waals surface area contributed by atoms with Crippen LogP contribution in [0.5, 0.6) is 17.2 Å². The Bertz CT molecular complexity index is 1230. The zero-order valence-electron chi connectivity index (χ0n) is 19.1. The molecule has 4 rings (SSSR count). The van der Waals surface area contributed by atoms with E-state index in [4.69, 9.17) is 25.8 Å². The molecule has 1 aliphatic rings. The normalized spacial score (nSPS) is 14.5. The molecule has 35 heavy (non-hydrogen) atoms. The van der Waals surface area contributed by atoms with Crippen molar-refractivity contribution in [3.05, 3.63) is 93.9 Å². The Morgan fingerprint density at radius 2 is 1.63 bits per heavy atom. The van der Waals surface area contributed by atoms with Gasteiger partial charge >= 0.3 is 0 Å². The van der Waals surface area contributed by atoms with Crippen molar-refractivity contribution < 1.29 is 23.8 Å². The Labute approximate surface area is 213 Å². The summed E-state index contributed by atoms with van der Waals surface area (Å²) in [6.07, 6.45) is 1.68. The minimum atomic E-state index is -0.351. The van der Waals surface area contributed by atoms with E-state index in [1.54, 1.807) is 36.4 Å². The number of hydrogen-bond acceptors (Lipinski definition) is 6. The highest BCUT2D eigenvalue weighted by molar-refractivity contribution is 8.18. The average Bonchev–Trinajstić information content (AvgIpc) is 3.12. The molecule has 0 radical (unpaired) electrons. The summed E-state index contributed by atoms with van der Waals surface area (Å²) in [4.78, 5) is 27.0. The van der Waals surface area contributed by atoms with Gasteiger partial charge in [-0.25, -0.2) is 0 Å². The standard InChI is InChI=1S/C27H24ClNO5S/c1-2-32-24-16-19(12-13-23(24)34-15-14-33-21-9-4-3-5-10-21)17-25-26(30)29(27(31)35-25)18-20-8-6-7-11-22(20)28/h3-13,16-17H,2,14-15,18H2,1H3/b25-17-. The number of imide groups is 1. The van der Waals surface area contributed by atoms with Gasteiger partial charge in [0.05, 0.1) is 18.1 Å². The number of nitrogens with zero attached hydrogens (tertiary/aromatic N) is 1. The van der Waals surface area contributed by atoms with Crippen molar-refractivity contribution in [2.45, 2.75) is 13.5 Å². The Morgan fingerprint density at radius 3 is 2.40 bits per heavy atom. The first-order valence-electron chi connectivity index (χ1n) is 11.1. The molecule has 2 amide bonds. The first-order chi connectivity index (χ1) is 17.0. The van der Waals surface area contributed by atoms with Crippen molar-refractivity contribution in [2.24, 2.45) is 0 Å². The van der Waals surface area contributed by atoms with E-state index in [2.05, 4.69) is 0 Å². The maximum atomic E-state index is 12.9. The van der Waals surface area contributed by atoms with Crippen molar-refractivity contribution in [3.8, 4) is 17.2 Å². The van der Waals surface area contributed by atoms with Crippen LogP contribution >= 0.6 is 23.4 Å². The predicted molar refractivity (Wildman–Crippen MR) is 138 cm³/mol. The van der Waals surface area contributed by atoms with E-state index in [1.807, 2.05) is 49.4 Å². The van der Waals surface area contributed by atoms with Crippen molar-refractivity contribution >= 4 is 40.6 Å². The fourth-order valence-corrected chi connectivity index (χ4v) is 4.45. The van der Waals surface area contributed by atoms with E-state index in [0.29, 0.717) is 46.8 Å². The highest BCUT2D eigenvalue weighted by atomic mass is 35.5. The molecule has 180 valence electrons. The number of carbonyl (C=O) groups is 2. The summed E-state index contributed by atoms with van der Waals surface area (Å²) in [5.41, 5.74) is 1.44. The van der Waals surface area contributed by atoms with Gasteiger partial charge in [0.25, 0.3) is 11.1 Å². The SMILES string of the molecule is CCOc1cc(/C=C2\SC(=O)N(Cc3ccccc3Cl)C2=O)ccc1OCCOc1ccccc1. The summed E-state index contributed by atoms with van der Waals surface area (Å²) in [6.45, 7) is 3.19. The van der Waals surface area contributed by atoms with Crippen LogP contribution in [-0.4, -0.2) is 35.9 Å². The molecule has 0 unspecified atom stereocenters. The lowest BCUT2D eigenvalue weighted by Gasteiger charge is -2.14. The van der Waals surface area contributed by atoms with Crippen molar-refractivity contribution in [2.75, 3.05) is 19.8 Å². The summed E-state index contributed by atoms with van der Waals surface area (Å²) in [5, 5.41) is 0.186. The maximum absolute atomic E-state index is 12.9. The average molecular weight is 510 g/mol. The number of halogens is 1. The molecule has 0 bridgehead atoms. The summed E-state index contributed by atoms with van der Waals surface area (Å²) < 4.78 is 17.3. The highest BCUT2D eigenvalue weighted by Gasteiger charge is 2.35. The predicted octanol–water partition coefficient (Wildman–Crippen LogP) is 6.43. The third-order valence-electron chi connectivity index (χ3n) is 5.08. The van der Waals surface area contributed by atoms with Gasteiger partial charge in [0, 0.05) is 5.02 Å². The second kappa shape index (κ2) is 11.8. The van der Waals surface area contributed by atoms with Crippen LogP contribution in [0.4, 0.5) is 4.79 Å². The van der Waals surface area contributed by atoms with Crippen molar-refractivity contribution in [1.82, 2.24) is 4.90 Å². The molecule has 0 aromatic heterocycles. The number of thioether (sulfide) groups is 1. The Hall–Kier alpha value is -3.42. The first-order valence-corrected chi connectivity index (χ1v) is 12.3. The third-order valence-corrected chi connectivity index (χ3v) is 6.35. The molecule has 0 aliphatic carbocycles. The lowest BCUT2D eigenvalue weighted by atomic mass is 10.1. The van der Waals surface area contributed by atoms with Gasteiger partial charge in [-0.15, -0.1) is 0 Å². The zero-order valence-corrected chi connectivity index (χ0v) is 20.7. The molecule has 3 aromatic carbocycles. The highest BCUT2D eigenvalue weighted by Crippen LogP contribution is 2.36. The molecular weight excluding hydrogens is 486 g/mol. The van der Waals surface area contributed by atoms with E-state index in [9.17, 15) is 9.59 Å². The number of carbonyl (C=O) groups excluding carboxylic acids is 2. The molecule has 1 aliphatic heterocycles. The number of rotatable bonds is 10. The topological polar surface area (TPSA) is 65.1 Å². The van der Waals surface area contributed by atoms with Crippen LogP contribution < -0.4 is 14.2 Å². The van der Waals surface area contributed by atoms with Gasteiger partial charge in [-0.3, -0.25) is 14.5 Å². The van der Waals surface area contributed by atoms with Crippen LogP contribution in [0.15, 0.2) is 77.7 Å². The van der Waals surface area contributed by atoms with Gasteiger partial charge in [0.1, 0.15) is 19.0 Å². The summed E-state index contributed by atoms with van der Waals surface area (Å²) >= 11 is 7.11. The Morgan fingerprint density at radius 1 is 0.886 bits per heavy atom. The number of para-hydroxylation sites is 1. The van der Waals surface area contributed by atoms with Gasteiger partial charge in [-0.2, -0.15) is 0 Å². The third kappa shape index (κ3) is 6.38. The molecule has 0 spiro atoms. The Kier molecular flexibility index (Phi) is 8.34. The van der Waals surface area contributed by atoms with Crippen LogP contribution in [0.25, 0.3) is 6.08 Å². The van der Waals surface area contributed by atoms with Gasteiger partial charge in [-0.05, 0) is 66.2 Å². The summed E-state index contributed by atoms with van der Waals surface area (Å²) in [6, 6.07) is 22.1. The molecule has 0 atom stereocenters. The zero-order chi connectivity index (χ0) is 24.6. The van der Waals surface area contributed by atoms with Crippen LogP contribution in [-0.2, 0) is 11.3 Å². The van der Waals surface area contributed by atoms with Crippen LogP contribution in [0.3, 0.4) is 0 Å². The molecule has 6 nitrogen and oxygen atoms in total. The minimum Gasteiger partial charge on any atom is -0.490 e. The molecule has 0 saturated carbocycles. The molecule has 3 aromatic rings. The minimum absolute atomic E-state index is 0.129. The molecular formula is C27H24ClNO5S. The first kappa shape index (κ1) is 24.7. The van der Waals surface area contributed by atoms with Gasteiger partial charge in [0.2, 0.25) is 0 Å².